The van der Waals surface area contributed by atoms with E-state index in [4.69, 9.17) is 0 Å². The molecular formula is C19H26N2O3S. The Balaban J connectivity index is 1.66. The van der Waals surface area contributed by atoms with Crippen LogP contribution in [0.3, 0.4) is 0 Å². The van der Waals surface area contributed by atoms with E-state index in [-0.39, 0.29) is 29.1 Å². The molecule has 0 bridgehead atoms. The summed E-state index contributed by atoms with van der Waals surface area (Å²) in [6, 6.07) is 2.02. The maximum atomic E-state index is 12.9. The van der Waals surface area contributed by atoms with Crippen LogP contribution in [0, 0.1) is 5.41 Å². The largest absolute Gasteiger partial charge is 0.341 e. The molecule has 2 amide bonds. The Bertz CT molecular complexity index is 697. The van der Waals surface area contributed by atoms with Crippen LogP contribution in [-0.4, -0.2) is 53.1 Å². The highest BCUT2D eigenvalue weighted by Gasteiger charge is 2.49. The van der Waals surface area contributed by atoms with E-state index in [9.17, 15) is 14.4 Å². The van der Waals surface area contributed by atoms with Crippen molar-refractivity contribution in [1.29, 1.82) is 0 Å². The monoisotopic (exact) mass is 362 g/mol. The molecule has 5 nitrogen and oxygen atoms in total. The number of carbonyl (C=O) groups is 3. The van der Waals surface area contributed by atoms with Gasteiger partial charge in [-0.1, -0.05) is 0 Å². The fourth-order valence-corrected chi connectivity index (χ4v) is 4.81. The van der Waals surface area contributed by atoms with E-state index in [1.54, 1.807) is 0 Å². The number of Topliss-reactive ketones (excluding diaryl/α,β-unsaturated/α-hetero) is 1. The number of hydrogen-bond donors (Lipinski definition) is 0. The maximum absolute atomic E-state index is 12.9. The predicted molar refractivity (Wildman–Crippen MR) is 97.7 cm³/mol. The molecule has 2 aliphatic heterocycles. The summed E-state index contributed by atoms with van der Waals surface area (Å²) in [6.07, 6.45) is 2.97. The van der Waals surface area contributed by atoms with Crippen LogP contribution in [0.2, 0.25) is 0 Å². The van der Waals surface area contributed by atoms with Crippen LogP contribution >= 0.6 is 11.3 Å². The van der Waals surface area contributed by atoms with Crippen LogP contribution in [-0.2, 0) is 16.0 Å². The minimum absolute atomic E-state index is 0.0328. The second-order valence-electron chi connectivity index (χ2n) is 7.59. The molecule has 25 heavy (non-hydrogen) atoms. The number of thiophene rings is 1. The van der Waals surface area contributed by atoms with Crippen molar-refractivity contribution in [3.8, 4) is 0 Å². The van der Waals surface area contributed by atoms with Crippen molar-refractivity contribution < 1.29 is 14.4 Å². The van der Waals surface area contributed by atoms with E-state index in [0.29, 0.717) is 24.4 Å². The van der Waals surface area contributed by atoms with E-state index in [0.717, 1.165) is 31.4 Å². The van der Waals surface area contributed by atoms with Gasteiger partial charge in [0.1, 0.15) is 0 Å². The zero-order valence-corrected chi connectivity index (χ0v) is 16.0. The van der Waals surface area contributed by atoms with Crippen LogP contribution in [0.25, 0.3) is 0 Å². The van der Waals surface area contributed by atoms with Gasteiger partial charge in [-0.25, -0.2) is 0 Å². The first-order chi connectivity index (χ1) is 11.8. The van der Waals surface area contributed by atoms with Gasteiger partial charge >= 0.3 is 0 Å². The zero-order valence-electron chi connectivity index (χ0n) is 15.2. The molecule has 1 spiro atoms. The van der Waals surface area contributed by atoms with Gasteiger partial charge in [0.15, 0.2) is 5.78 Å². The van der Waals surface area contributed by atoms with Gasteiger partial charge in [-0.05, 0) is 57.0 Å². The number of ketones is 1. The Hall–Kier alpha value is -1.69. The molecule has 2 aliphatic rings. The Kier molecular flexibility index (Phi) is 5.00. The van der Waals surface area contributed by atoms with Crippen molar-refractivity contribution in [2.45, 2.75) is 52.5 Å². The summed E-state index contributed by atoms with van der Waals surface area (Å²) in [7, 11) is 0. The Labute approximate surface area is 153 Å². The van der Waals surface area contributed by atoms with Gasteiger partial charge in [0.25, 0.3) is 0 Å². The van der Waals surface area contributed by atoms with Crippen LogP contribution in [0.1, 0.15) is 55.3 Å². The third-order valence-corrected chi connectivity index (χ3v) is 6.53. The normalized spacial score (nSPS) is 23.8. The van der Waals surface area contributed by atoms with Crippen LogP contribution in [0.15, 0.2) is 11.4 Å². The predicted octanol–water partition coefficient (Wildman–Crippen LogP) is 2.74. The quantitative estimate of drug-likeness (QED) is 0.774. The fourth-order valence-electron chi connectivity index (χ4n) is 4.00. The molecule has 0 aromatic carbocycles. The van der Waals surface area contributed by atoms with E-state index < -0.39 is 0 Å². The van der Waals surface area contributed by atoms with E-state index in [2.05, 4.69) is 13.8 Å². The summed E-state index contributed by atoms with van der Waals surface area (Å²) in [5.74, 6) is 0.308. The SMILES string of the molecule is CC(=O)c1cc(CC(=O)N2CCC3(CCCN(C(C)C)C3=O)C2)cs1. The Morgan fingerprint density at radius 2 is 2.04 bits per heavy atom. The Morgan fingerprint density at radius 3 is 2.68 bits per heavy atom. The summed E-state index contributed by atoms with van der Waals surface area (Å²) in [5.41, 5.74) is 0.511. The molecule has 1 unspecified atom stereocenters. The molecule has 2 saturated heterocycles. The lowest BCUT2D eigenvalue weighted by molar-refractivity contribution is -0.148. The standard InChI is InChI=1S/C19H26N2O3S/c1-13(2)21-7-4-5-19(18(21)24)6-8-20(12-19)17(23)10-15-9-16(14(3)22)25-11-15/h9,11,13H,4-8,10,12H2,1-3H3. The Morgan fingerprint density at radius 1 is 1.28 bits per heavy atom. The molecule has 6 heteroatoms. The number of hydrogen-bond acceptors (Lipinski definition) is 4. The van der Waals surface area contributed by atoms with Crippen molar-refractivity contribution >= 4 is 28.9 Å². The topological polar surface area (TPSA) is 57.7 Å². The highest BCUT2D eigenvalue weighted by molar-refractivity contribution is 7.12. The average Bonchev–Trinajstić information content (AvgIpc) is 3.18. The van der Waals surface area contributed by atoms with E-state index in [1.807, 2.05) is 21.2 Å². The fraction of sp³-hybridized carbons (Fsp3) is 0.632. The van der Waals surface area contributed by atoms with Crippen LogP contribution in [0.5, 0.6) is 0 Å². The number of likely N-dealkylation sites (tertiary alicyclic amines) is 2. The zero-order chi connectivity index (χ0) is 18.2. The van der Waals surface area contributed by atoms with Crippen molar-refractivity contribution in [2.24, 2.45) is 5.41 Å². The van der Waals surface area contributed by atoms with Crippen molar-refractivity contribution in [3.05, 3.63) is 21.9 Å². The van der Waals surface area contributed by atoms with Gasteiger partial charge in [-0.3, -0.25) is 14.4 Å². The molecule has 136 valence electrons. The molecule has 2 fully saturated rings. The second-order valence-corrected chi connectivity index (χ2v) is 8.50. The lowest BCUT2D eigenvalue weighted by Crippen LogP contribution is -2.52. The maximum Gasteiger partial charge on any atom is 0.230 e. The number of nitrogens with zero attached hydrogens (tertiary/aromatic N) is 2. The van der Waals surface area contributed by atoms with E-state index in [1.165, 1.54) is 18.3 Å². The highest BCUT2D eigenvalue weighted by Crippen LogP contribution is 2.40. The summed E-state index contributed by atoms with van der Waals surface area (Å²) < 4.78 is 0. The third kappa shape index (κ3) is 3.50. The molecule has 3 rings (SSSR count). The highest BCUT2D eigenvalue weighted by atomic mass is 32.1. The lowest BCUT2D eigenvalue weighted by Gasteiger charge is -2.41. The lowest BCUT2D eigenvalue weighted by atomic mass is 9.78. The first-order valence-corrected chi connectivity index (χ1v) is 9.87. The molecule has 0 radical (unpaired) electrons. The number of carbonyl (C=O) groups excluding carboxylic acids is 3. The molecular weight excluding hydrogens is 336 g/mol. The number of amides is 2. The molecule has 3 heterocycles. The van der Waals surface area contributed by atoms with Gasteiger partial charge in [0, 0.05) is 25.7 Å². The summed E-state index contributed by atoms with van der Waals surface area (Å²) in [6.45, 7) is 7.67. The van der Waals surface area contributed by atoms with Gasteiger partial charge in [0.2, 0.25) is 11.8 Å². The first kappa shape index (κ1) is 18.1. The van der Waals surface area contributed by atoms with Gasteiger partial charge < -0.3 is 9.80 Å². The van der Waals surface area contributed by atoms with Crippen molar-refractivity contribution in [1.82, 2.24) is 9.80 Å². The molecule has 1 aromatic rings. The number of rotatable bonds is 4. The number of piperidine rings is 1. The van der Waals surface area contributed by atoms with E-state index >= 15 is 0 Å². The third-order valence-electron chi connectivity index (χ3n) is 5.45. The minimum Gasteiger partial charge on any atom is -0.341 e. The molecule has 0 saturated carbocycles. The molecule has 0 aliphatic carbocycles. The first-order valence-electron chi connectivity index (χ1n) is 8.99. The second kappa shape index (κ2) is 6.90. The van der Waals surface area contributed by atoms with Crippen LogP contribution in [0.4, 0.5) is 0 Å². The molecule has 1 aromatic heterocycles. The van der Waals surface area contributed by atoms with Crippen molar-refractivity contribution in [2.75, 3.05) is 19.6 Å². The molecule has 1 atom stereocenters. The average molecular weight is 362 g/mol. The summed E-state index contributed by atoms with van der Waals surface area (Å²) in [5, 5.41) is 1.88. The summed E-state index contributed by atoms with van der Waals surface area (Å²) >= 11 is 1.39. The molecule has 0 N–H and O–H groups in total. The van der Waals surface area contributed by atoms with Crippen LogP contribution < -0.4 is 0 Å². The summed E-state index contributed by atoms with van der Waals surface area (Å²) in [4.78, 5) is 41.5. The minimum atomic E-state index is -0.378. The smallest absolute Gasteiger partial charge is 0.230 e. The van der Waals surface area contributed by atoms with Gasteiger partial charge in [-0.15, -0.1) is 11.3 Å². The van der Waals surface area contributed by atoms with Gasteiger partial charge in [-0.2, -0.15) is 0 Å². The van der Waals surface area contributed by atoms with Crippen molar-refractivity contribution in [3.63, 3.8) is 0 Å². The van der Waals surface area contributed by atoms with Gasteiger partial charge in [0.05, 0.1) is 16.7 Å².